The van der Waals surface area contributed by atoms with E-state index in [1.54, 1.807) is 26.2 Å². The second kappa shape index (κ2) is 7.35. The molecule has 0 radical (unpaired) electrons. The van der Waals surface area contributed by atoms with Crippen molar-refractivity contribution in [3.05, 3.63) is 48.5 Å². The number of hydrogen-bond donors (Lipinski definition) is 0. The van der Waals surface area contributed by atoms with Gasteiger partial charge in [-0.15, -0.1) is 0 Å². The molecule has 0 unspecified atom stereocenters. The Labute approximate surface area is 149 Å². The molecule has 1 aliphatic heterocycles. The van der Waals surface area contributed by atoms with Crippen LogP contribution in [0, 0.1) is 0 Å². The SMILES string of the molecule is CCS(=O)(=O)c1ccc(N2CCN(c3ccccc3OC)CC2)cc1. The summed E-state index contributed by atoms with van der Waals surface area (Å²) in [6, 6.07) is 15.3. The molecular formula is C19H24N2O3S. The van der Waals surface area contributed by atoms with Crippen molar-refractivity contribution in [3.63, 3.8) is 0 Å². The third-order valence-corrected chi connectivity index (χ3v) is 6.40. The van der Waals surface area contributed by atoms with Crippen molar-refractivity contribution in [2.24, 2.45) is 0 Å². The van der Waals surface area contributed by atoms with Gasteiger partial charge in [0.1, 0.15) is 5.75 Å². The normalized spacial score (nSPS) is 15.3. The summed E-state index contributed by atoms with van der Waals surface area (Å²) in [6.07, 6.45) is 0. The van der Waals surface area contributed by atoms with Crippen LogP contribution in [0.15, 0.2) is 53.4 Å². The molecule has 0 aliphatic carbocycles. The average molecular weight is 360 g/mol. The summed E-state index contributed by atoms with van der Waals surface area (Å²) in [5.41, 5.74) is 2.18. The maximum Gasteiger partial charge on any atom is 0.178 e. The topological polar surface area (TPSA) is 49.9 Å². The fraction of sp³-hybridized carbons (Fsp3) is 0.368. The molecule has 0 atom stereocenters. The van der Waals surface area contributed by atoms with E-state index in [-0.39, 0.29) is 5.75 Å². The zero-order valence-corrected chi connectivity index (χ0v) is 15.5. The summed E-state index contributed by atoms with van der Waals surface area (Å²) in [4.78, 5) is 5.01. The molecule has 25 heavy (non-hydrogen) atoms. The molecule has 0 aromatic heterocycles. The van der Waals surface area contributed by atoms with Gasteiger partial charge in [-0.1, -0.05) is 19.1 Å². The highest BCUT2D eigenvalue weighted by molar-refractivity contribution is 7.91. The maximum atomic E-state index is 11.9. The van der Waals surface area contributed by atoms with E-state index in [1.807, 2.05) is 30.3 Å². The Kier molecular flexibility index (Phi) is 5.18. The van der Waals surface area contributed by atoms with Gasteiger partial charge in [0.25, 0.3) is 0 Å². The predicted molar refractivity (Wildman–Crippen MR) is 102 cm³/mol. The minimum atomic E-state index is -3.14. The third-order valence-electron chi connectivity index (χ3n) is 4.65. The van der Waals surface area contributed by atoms with Crippen molar-refractivity contribution >= 4 is 21.2 Å². The van der Waals surface area contributed by atoms with Crippen LogP contribution in [0.1, 0.15) is 6.92 Å². The molecule has 0 N–H and O–H groups in total. The van der Waals surface area contributed by atoms with Crippen molar-refractivity contribution < 1.29 is 13.2 Å². The summed E-state index contributed by atoms with van der Waals surface area (Å²) < 4.78 is 29.3. The van der Waals surface area contributed by atoms with E-state index >= 15 is 0 Å². The molecule has 0 amide bonds. The molecule has 134 valence electrons. The Morgan fingerprint density at radius 3 is 2.12 bits per heavy atom. The van der Waals surface area contributed by atoms with Crippen molar-refractivity contribution in [2.75, 3.05) is 48.8 Å². The van der Waals surface area contributed by atoms with Gasteiger partial charge in [-0.3, -0.25) is 0 Å². The number of sulfone groups is 1. The van der Waals surface area contributed by atoms with E-state index in [4.69, 9.17) is 4.74 Å². The summed E-state index contributed by atoms with van der Waals surface area (Å²) in [7, 11) is -1.44. The van der Waals surface area contributed by atoms with Crippen LogP contribution in [0.4, 0.5) is 11.4 Å². The Morgan fingerprint density at radius 1 is 0.920 bits per heavy atom. The lowest BCUT2D eigenvalue weighted by Crippen LogP contribution is -2.46. The van der Waals surface area contributed by atoms with Crippen LogP contribution in [0.5, 0.6) is 5.75 Å². The van der Waals surface area contributed by atoms with Crippen molar-refractivity contribution in [1.29, 1.82) is 0 Å². The van der Waals surface area contributed by atoms with E-state index in [9.17, 15) is 8.42 Å². The number of rotatable bonds is 5. The summed E-state index contributed by atoms with van der Waals surface area (Å²) in [5, 5.41) is 0. The molecule has 6 heteroatoms. The highest BCUT2D eigenvalue weighted by atomic mass is 32.2. The van der Waals surface area contributed by atoms with Crippen LogP contribution in [0.25, 0.3) is 0 Å². The van der Waals surface area contributed by atoms with E-state index in [0.717, 1.165) is 43.3 Å². The van der Waals surface area contributed by atoms with Crippen LogP contribution >= 0.6 is 0 Å². The van der Waals surface area contributed by atoms with Gasteiger partial charge in [-0.25, -0.2) is 8.42 Å². The summed E-state index contributed by atoms with van der Waals surface area (Å²) >= 11 is 0. The summed E-state index contributed by atoms with van der Waals surface area (Å²) in [5.74, 6) is 1.02. The van der Waals surface area contributed by atoms with Gasteiger partial charge in [-0.2, -0.15) is 0 Å². The molecule has 0 spiro atoms. The standard InChI is InChI=1S/C19H24N2O3S/c1-3-25(22,23)17-10-8-16(9-11-17)20-12-14-21(15-13-20)18-6-4-5-7-19(18)24-2/h4-11H,3,12-15H2,1-2H3. The van der Waals surface area contributed by atoms with E-state index in [1.165, 1.54) is 0 Å². The number of benzene rings is 2. The first-order valence-corrected chi connectivity index (χ1v) is 10.2. The quantitative estimate of drug-likeness (QED) is 0.821. The Balaban J connectivity index is 1.68. The number of nitrogens with zero attached hydrogens (tertiary/aromatic N) is 2. The zero-order valence-electron chi connectivity index (χ0n) is 14.7. The Hall–Kier alpha value is -2.21. The molecule has 0 bridgehead atoms. The van der Waals surface area contributed by atoms with Gasteiger partial charge in [0, 0.05) is 31.9 Å². The fourth-order valence-electron chi connectivity index (χ4n) is 3.13. The van der Waals surface area contributed by atoms with Crippen molar-refractivity contribution in [1.82, 2.24) is 0 Å². The second-order valence-corrected chi connectivity index (χ2v) is 8.32. The lowest BCUT2D eigenvalue weighted by atomic mass is 10.2. The largest absolute Gasteiger partial charge is 0.495 e. The van der Waals surface area contributed by atoms with Gasteiger partial charge in [0.2, 0.25) is 0 Å². The van der Waals surface area contributed by atoms with E-state index in [2.05, 4.69) is 15.9 Å². The zero-order chi connectivity index (χ0) is 17.9. The Morgan fingerprint density at radius 2 is 1.52 bits per heavy atom. The summed E-state index contributed by atoms with van der Waals surface area (Å²) in [6.45, 7) is 5.24. The molecule has 3 rings (SSSR count). The van der Waals surface area contributed by atoms with Crippen LogP contribution in [0.2, 0.25) is 0 Å². The third kappa shape index (κ3) is 3.74. The van der Waals surface area contributed by atoms with Gasteiger partial charge in [0.05, 0.1) is 23.4 Å². The monoisotopic (exact) mass is 360 g/mol. The fourth-order valence-corrected chi connectivity index (χ4v) is 4.01. The van der Waals surface area contributed by atoms with E-state index < -0.39 is 9.84 Å². The van der Waals surface area contributed by atoms with Gasteiger partial charge in [-0.05, 0) is 36.4 Å². The number of hydrogen-bond acceptors (Lipinski definition) is 5. The maximum absolute atomic E-state index is 11.9. The van der Waals surface area contributed by atoms with Crippen molar-refractivity contribution in [3.8, 4) is 5.75 Å². The molecule has 1 aliphatic rings. The first-order valence-electron chi connectivity index (χ1n) is 8.51. The first-order chi connectivity index (χ1) is 12.0. The molecule has 5 nitrogen and oxygen atoms in total. The number of piperazine rings is 1. The van der Waals surface area contributed by atoms with Crippen molar-refractivity contribution in [2.45, 2.75) is 11.8 Å². The van der Waals surface area contributed by atoms with Crippen LogP contribution < -0.4 is 14.5 Å². The molecule has 0 saturated carbocycles. The first kappa shape index (κ1) is 17.6. The number of ether oxygens (including phenoxy) is 1. The van der Waals surface area contributed by atoms with Crippen LogP contribution in [-0.4, -0.2) is 47.5 Å². The van der Waals surface area contributed by atoms with E-state index in [0.29, 0.717) is 4.90 Å². The average Bonchev–Trinajstić information content (AvgIpc) is 2.68. The number of methoxy groups -OCH3 is 1. The molecule has 1 fully saturated rings. The lowest BCUT2D eigenvalue weighted by molar-refractivity contribution is 0.413. The number of anilines is 2. The highest BCUT2D eigenvalue weighted by Gasteiger charge is 2.20. The Bertz CT molecular complexity index is 811. The van der Waals surface area contributed by atoms with Gasteiger partial charge in [0.15, 0.2) is 9.84 Å². The number of para-hydroxylation sites is 2. The minimum absolute atomic E-state index is 0.129. The van der Waals surface area contributed by atoms with Crippen LogP contribution in [-0.2, 0) is 9.84 Å². The molecular weight excluding hydrogens is 336 g/mol. The molecule has 1 heterocycles. The lowest BCUT2D eigenvalue weighted by Gasteiger charge is -2.37. The van der Waals surface area contributed by atoms with Crippen LogP contribution in [0.3, 0.4) is 0 Å². The predicted octanol–water partition coefficient (Wildman–Crippen LogP) is 2.82. The highest BCUT2D eigenvalue weighted by Crippen LogP contribution is 2.29. The molecule has 1 saturated heterocycles. The minimum Gasteiger partial charge on any atom is -0.495 e. The van der Waals surface area contributed by atoms with Gasteiger partial charge >= 0.3 is 0 Å². The second-order valence-electron chi connectivity index (χ2n) is 6.04. The smallest absolute Gasteiger partial charge is 0.178 e. The molecule has 2 aromatic carbocycles. The van der Waals surface area contributed by atoms with Gasteiger partial charge < -0.3 is 14.5 Å². The molecule has 2 aromatic rings.